The molecule has 0 bridgehead atoms. The maximum absolute atomic E-state index is 6.04. The molecular weight excluding hydrogens is 260 g/mol. The van der Waals surface area contributed by atoms with Gasteiger partial charge in [0.1, 0.15) is 16.6 Å². The number of aromatic nitrogens is 2. The second-order valence-electron chi connectivity index (χ2n) is 3.32. The van der Waals surface area contributed by atoms with Gasteiger partial charge in [0.05, 0.1) is 13.2 Å². The third-order valence-corrected chi connectivity index (χ3v) is 3.23. The van der Waals surface area contributed by atoms with E-state index in [0.29, 0.717) is 37.4 Å². The zero-order chi connectivity index (χ0) is 12.1. The highest BCUT2D eigenvalue weighted by molar-refractivity contribution is 7.16. The smallest absolute Gasteiger partial charge is 0.157 e. The van der Waals surface area contributed by atoms with Crippen LogP contribution in [0.3, 0.4) is 0 Å². The average Bonchev–Trinajstić information content (AvgIpc) is 2.77. The van der Waals surface area contributed by atoms with Crippen LogP contribution in [-0.2, 0) is 16.1 Å². The van der Waals surface area contributed by atoms with Crippen molar-refractivity contribution in [2.45, 2.75) is 13.5 Å². The van der Waals surface area contributed by atoms with Gasteiger partial charge >= 0.3 is 0 Å². The standard InChI is InChI=1S/C11H13ClN2O2S/c1-2-15-4-5-16-7-9-13-10(12)8-3-6-17-11(8)14-9/h3,6H,2,4-5,7H2,1H3. The number of ether oxygens (including phenoxy) is 2. The molecular formula is C11H13ClN2O2S. The Morgan fingerprint density at radius 2 is 2.12 bits per heavy atom. The lowest BCUT2D eigenvalue weighted by molar-refractivity contribution is 0.0429. The Kier molecular flexibility index (Phi) is 4.67. The number of hydrogen-bond donors (Lipinski definition) is 0. The highest BCUT2D eigenvalue weighted by Gasteiger charge is 2.06. The Morgan fingerprint density at radius 3 is 2.94 bits per heavy atom. The van der Waals surface area contributed by atoms with Crippen molar-refractivity contribution in [3.8, 4) is 0 Å². The number of halogens is 1. The molecule has 2 aromatic heterocycles. The third-order valence-electron chi connectivity index (χ3n) is 2.13. The van der Waals surface area contributed by atoms with E-state index in [1.54, 1.807) is 11.3 Å². The fraction of sp³-hybridized carbons (Fsp3) is 0.455. The normalized spacial score (nSPS) is 11.2. The molecule has 0 amide bonds. The summed E-state index contributed by atoms with van der Waals surface area (Å²) in [5, 5.41) is 3.33. The van der Waals surface area contributed by atoms with Gasteiger partial charge in [-0.1, -0.05) is 11.6 Å². The molecule has 2 aromatic rings. The summed E-state index contributed by atoms with van der Waals surface area (Å²) in [6.07, 6.45) is 0. The summed E-state index contributed by atoms with van der Waals surface area (Å²) >= 11 is 7.59. The zero-order valence-corrected chi connectivity index (χ0v) is 11.1. The molecule has 0 saturated carbocycles. The first-order chi connectivity index (χ1) is 8.31. The summed E-state index contributed by atoms with van der Waals surface area (Å²) in [6.45, 7) is 4.14. The first-order valence-electron chi connectivity index (χ1n) is 5.36. The summed E-state index contributed by atoms with van der Waals surface area (Å²) in [5.74, 6) is 0.612. The molecule has 0 spiro atoms. The minimum absolute atomic E-state index is 0.362. The average molecular weight is 273 g/mol. The van der Waals surface area contributed by atoms with Crippen molar-refractivity contribution in [3.05, 3.63) is 22.4 Å². The van der Waals surface area contributed by atoms with Crippen molar-refractivity contribution in [3.63, 3.8) is 0 Å². The van der Waals surface area contributed by atoms with Gasteiger partial charge in [-0.25, -0.2) is 9.97 Å². The second kappa shape index (κ2) is 6.26. The molecule has 0 N–H and O–H groups in total. The van der Waals surface area contributed by atoms with Gasteiger partial charge in [-0.2, -0.15) is 0 Å². The van der Waals surface area contributed by atoms with Crippen LogP contribution in [0.15, 0.2) is 11.4 Å². The van der Waals surface area contributed by atoms with Crippen LogP contribution >= 0.6 is 22.9 Å². The Morgan fingerprint density at radius 1 is 1.29 bits per heavy atom. The summed E-state index contributed by atoms with van der Waals surface area (Å²) < 4.78 is 10.6. The van der Waals surface area contributed by atoms with Crippen molar-refractivity contribution in [1.82, 2.24) is 9.97 Å². The molecule has 0 fully saturated rings. The molecule has 0 aromatic carbocycles. The number of hydrogen-bond acceptors (Lipinski definition) is 5. The van der Waals surface area contributed by atoms with Crippen molar-refractivity contribution in [2.75, 3.05) is 19.8 Å². The van der Waals surface area contributed by atoms with E-state index in [-0.39, 0.29) is 0 Å². The lowest BCUT2D eigenvalue weighted by Gasteiger charge is -2.04. The number of thiophene rings is 1. The van der Waals surface area contributed by atoms with E-state index < -0.39 is 0 Å². The molecule has 0 aliphatic carbocycles. The Labute approximate surface area is 109 Å². The maximum Gasteiger partial charge on any atom is 0.157 e. The van der Waals surface area contributed by atoms with E-state index in [2.05, 4.69) is 9.97 Å². The summed E-state index contributed by atoms with van der Waals surface area (Å²) in [5.41, 5.74) is 0. The largest absolute Gasteiger partial charge is 0.379 e. The molecule has 0 radical (unpaired) electrons. The van der Waals surface area contributed by atoms with Crippen LogP contribution < -0.4 is 0 Å². The van der Waals surface area contributed by atoms with E-state index in [1.165, 1.54) is 0 Å². The van der Waals surface area contributed by atoms with Gasteiger partial charge < -0.3 is 9.47 Å². The van der Waals surface area contributed by atoms with Crippen molar-refractivity contribution in [2.24, 2.45) is 0 Å². The molecule has 0 aliphatic heterocycles. The van der Waals surface area contributed by atoms with Crippen molar-refractivity contribution >= 4 is 33.2 Å². The van der Waals surface area contributed by atoms with Gasteiger partial charge in [-0.05, 0) is 18.4 Å². The SMILES string of the molecule is CCOCCOCc1nc(Cl)c2ccsc2n1. The molecule has 0 aliphatic rings. The van der Waals surface area contributed by atoms with E-state index in [0.717, 1.165) is 10.2 Å². The molecule has 92 valence electrons. The topological polar surface area (TPSA) is 44.2 Å². The summed E-state index contributed by atoms with van der Waals surface area (Å²) in [6, 6.07) is 1.92. The predicted molar refractivity (Wildman–Crippen MR) is 68.6 cm³/mol. The quantitative estimate of drug-likeness (QED) is 0.599. The van der Waals surface area contributed by atoms with Crippen LogP contribution in [0.1, 0.15) is 12.7 Å². The molecule has 4 nitrogen and oxygen atoms in total. The van der Waals surface area contributed by atoms with Crippen LogP contribution in [-0.4, -0.2) is 29.8 Å². The van der Waals surface area contributed by atoms with Crippen LogP contribution in [0.4, 0.5) is 0 Å². The van der Waals surface area contributed by atoms with Gasteiger partial charge in [-0.15, -0.1) is 11.3 Å². The Balaban J connectivity index is 1.94. The lowest BCUT2D eigenvalue weighted by atomic mass is 10.4. The van der Waals surface area contributed by atoms with Crippen molar-refractivity contribution < 1.29 is 9.47 Å². The molecule has 17 heavy (non-hydrogen) atoms. The molecule has 0 saturated heterocycles. The van der Waals surface area contributed by atoms with Crippen LogP contribution in [0.25, 0.3) is 10.2 Å². The van der Waals surface area contributed by atoms with Crippen LogP contribution in [0.5, 0.6) is 0 Å². The predicted octanol–water partition coefficient (Wildman–Crippen LogP) is 2.90. The lowest BCUT2D eigenvalue weighted by Crippen LogP contribution is -2.06. The number of fused-ring (bicyclic) bond motifs is 1. The fourth-order valence-electron chi connectivity index (χ4n) is 1.35. The monoisotopic (exact) mass is 272 g/mol. The fourth-order valence-corrected chi connectivity index (χ4v) is 2.44. The van der Waals surface area contributed by atoms with E-state index in [1.807, 2.05) is 18.4 Å². The van der Waals surface area contributed by atoms with Gasteiger partial charge in [0, 0.05) is 12.0 Å². The van der Waals surface area contributed by atoms with Gasteiger partial charge in [0.25, 0.3) is 0 Å². The summed E-state index contributed by atoms with van der Waals surface area (Å²) in [4.78, 5) is 9.45. The molecule has 2 heterocycles. The van der Waals surface area contributed by atoms with Gasteiger partial charge in [0.2, 0.25) is 0 Å². The number of nitrogens with zero attached hydrogens (tertiary/aromatic N) is 2. The van der Waals surface area contributed by atoms with Gasteiger partial charge in [-0.3, -0.25) is 0 Å². The molecule has 0 unspecified atom stereocenters. The third kappa shape index (κ3) is 3.35. The van der Waals surface area contributed by atoms with E-state index in [9.17, 15) is 0 Å². The van der Waals surface area contributed by atoms with Crippen LogP contribution in [0, 0.1) is 0 Å². The second-order valence-corrected chi connectivity index (χ2v) is 4.57. The van der Waals surface area contributed by atoms with Crippen molar-refractivity contribution in [1.29, 1.82) is 0 Å². The molecule has 0 atom stereocenters. The summed E-state index contributed by atoms with van der Waals surface area (Å²) in [7, 11) is 0. The van der Waals surface area contributed by atoms with Crippen LogP contribution in [0.2, 0.25) is 5.15 Å². The van der Waals surface area contributed by atoms with E-state index in [4.69, 9.17) is 21.1 Å². The Bertz CT molecular complexity index is 489. The molecule has 2 rings (SSSR count). The minimum Gasteiger partial charge on any atom is -0.379 e. The highest BCUT2D eigenvalue weighted by Crippen LogP contribution is 2.24. The maximum atomic E-state index is 6.04. The van der Waals surface area contributed by atoms with Gasteiger partial charge in [0.15, 0.2) is 5.82 Å². The first kappa shape index (κ1) is 12.7. The Hall–Kier alpha value is -0.750. The highest BCUT2D eigenvalue weighted by atomic mass is 35.5. The number of rotatable bonds is 6. The first-order valence-corrected chi connectivity index (χ1v) is 6.62. The van der Waals surface area contributed by atoms with E-state index >= 15 is 0 Å². The molecule has 6 heteroatoms. The zero-order valence-electron chi connectivity index (χ0n) is 9.48. The minimum atomic E-state index is 0.362.